The van der Waals surface area contributed by atoms with Crippen LogP contribution in [-0.2, 0) is 16.1 Å². The van der Waals surface area contributed by atoms with Crippen LogP contribution in [0.25, 0.3) is 0 Å². The van der Waals surface area contributed by atoms with Crippen LogP contribution in [0.2, 0.25) is 10.0 Å². The molecule has 1 atom stereocenters. The zero-order valence-corrected chi connectivity index (χ0v) is 17.1. The summed E-state index contributed by atoms with van der Waals surface area (Å²) < 4.78 is 18.5. The van der Waals surface area contributed by atoms with Gasteiger partial charge < -0.3 is 15.0 Å². The van der Waals surface area contributed by atoms with Crippen molar-refractivity contribution in [1.82, 2.24) is 10.2 Å². The number of benzene rings is 2. The van der Waals surface area contributed by atoms with Gasteiger partial charge in [0.15, 0.2) is 6.61 Å². The van der Waals surface area contributed by atoms with Gasteiger partial charge in [0.25, 0.3) is 5.91 Å². The van der Waals surface area contributed by atoms with Crippen LogP contribution in [0.1, 0.15) is 18.9 Å². The molecule has 28 heavy (non-hydrogen) atoms. The zero-order valence-electron chi connectivity index (χ0n) is 15.5. The summed E-state index contributed by atoms with van der Waals surface area (Å²) in [6.45, 7) is 1.53. The van der Waals surface area contributed by atoms with Crippen molar-refractivity contribution in [2.75, 3.05) is 13.7 Å². The normalized spacial score (nSPS) is 11.6. The summed E-state index contributed by atoms with van der Waals surface area (Å²) in [7, 11) is 1.51. The Kier molecular flexibility index (Phi) is 8.08. The van der Waals surface area contributed by atoms with Crippen molar-refractivity contribution in [2.24, 2.45) is 0 Å². The van der Waals surface area contributed by atoms with Gasteiger partial charge in [-0.05, 0) is 42.8 Å². The molecule has 2 rings (SSSR count). The van der Waals surface area contributed by atoms with Crippen LogP contribution in [0.5, 0.6) is 5.75 Å². The first-order chi connectivity index (χ1) is 13.4. The second kappa shape index (κ2) is 10.3. The molecular formula is C20H21Cl2FN2O3. The van der Waals surface area contributed by atoms with Gasteiger partial charge in [0, 0.05) is 29.2 Å². The molecule has 0 saturated carbocycles. The minimum atomic E-state index is -0.721. The van der Waals surface area contributed by atoms with Crippen LogP contribution < -0.4 is 10.1 Å². The maximum atomic E-state index is 13.0. The maximum absolute atomic E-state index is 13.0. The average molecular weight is 427 g/mol. The van der Waals surface area contributed by atoms with Crippen molar-refractivity contribution in [2.45, 2.75) is 25.9 Å². The Morgan fingerprint density at radius 1 is 1.14 bits per heavy atom. The lowest BCUT2D eigenvalue weighted by Crippen LogP contribution is -2.49. The van der Waals surface area contributed by atoms with E-state index in [0.29, 0.717) is 27.8 Å². The molecule has 0 aliphatic rings. The van der Waals surface area contributed by atoms with Crippen molar-refractivity contribution in [3.05, 3.63) is 63.9 Å². The number of nitrogens with zero attached hydrogens (tertiary/aromatic N) is 1. The van der Waals surface area contributed by atoms with Gasteiger partial charge in [-0.3, -0.25) is 9.59 Å². The first-order valence-corrected chi connectivity index (χ1v) is 9.45. The molecule has 0 spiro atoms. The quantitative estimate of drug-likeness (QED) is 0.691. The molecule has 2 amide bonds. The number of halogens is 3. The second-order valence-electron chi connectivity index (χ2n) is 6.00. The molecule has 0 aliphatic heterocycles. The number of amides is 2. The van der Waals surface area contributed by atoms with E-state index in [9.17, 15) is 14.0 Å². The summed E-state index contributed by atoms with van der Waals surface area (Å²) in [5.74, 6) is -0.783. The highest BCUT2D eigenvalue weighted by Gasteiger charge is 2.29. The summed E-state index contributed by atoms with van der Waals surface area (Å²) in [6, 6.07) is 9.64. The molecule has 0 heterocycles. The minimum absolute atomic E-state index is 0.0516. The number of likely N-dealkylation sites (N-methyl/N-ethyl adjacent to an activating group) is 1. The second-order valence-corrected chi connectivity index (χ2v) is 6.82. The highest BCUT2D eigenvalue weighted by atomic mass is 35.5. The van der Waals surface area contributed by atoms with Gasteiger partial charge in [-0.25, -0.2) is 4.39 Å². The van der Waals surface area contributed by atoms with Crippen LogP contribution in [0.4, 0.5) is 4.39 Å². The first kappa shape index (κ1) is 22.0. The fourth-order valence-electron chi connectivity index (χ4n) is 2.70. The predicted molar refractivity (Wildman–Crippen MR) is 107 cm³/mol. The molecule has 0 saturated heterocycles. The Labute approximate surface area is 173 Å². The number of nitrogens with one attached hydrogen (secondary N) is 1. The van der Waals surface area contributed by atoms with Gasteiger partial charge in [0.05, 0.1) is 0 Å². The van der Waals surface area contributed by atoms with E-state index in [2.05, 4.69) is 5.32 Å². The lowest BCUT2D eigenvalue weighted by molar-refractivity contribution is -0.142. The largest absolute Gasteiger partial charge is 0.484 e. The monoisotopic (exact) mass is 426 g/mol. The first-order valence-electron chi connectivity index (χ1n) is 8.69. The van der Waals surface area contributed by atoms with Gasteiger partial charge in [-0.15, -0.1) is 0 Å². The van der Waals surface area contributed by atoms with E-state index in [1.54, 1.807) is 25.1 Å². The van der Waals surface area contributed by atoms with Gasteiger partial charge in [0.2, 0.25) is 5.91 Å². The third kappa shape index (κ3) is 5.59. The number of carbonyl (C=O) groups is 2. The molecular weight excluding hydrogens is 406 g/mol. The summed E-state index contributed by atoms with van der Waals surface area (Å²) in [4.78, 5) is 26.6. The lowest BCUT2D eigenvalue weighted by Gasteiger charge is -2.30. The third-order valence-electron chi connectivity index (χ3n) is 4.20. The smallest absolute Gasteiger partial charge is 0.261 e. The molecule has 5 nitrogen and oxygen atoms in total. The summed E-state index contributed by atoms with van der Waals surface area (Å²) in [5, 5.41) is 3.36. The topological polar surface area (TPSA) is 58.6 Å². The molecule has 2 aromatic carbocycles. The molecule has 1 unspecified atom stereocenters. The van der Waals surface area contributed by atoms with Crippen LogP contribution in [0, 0.1) is 5.82 Å². The molecule has 0 fully saturated rings. The van der Waals surface area contributed by atoms with Crippen LogP contribution in [0.3, 0.4) is 0 Å². The Morgan fingerprint density at radius 2 is 1.75 bits per heavy atom. The SMILES string of the molecule is CCC(C(=O)NC)N(Cc1c(Cl)cccc1Cl)C(=O)COc1ccc(F)cc1. The van der Waals surface area contributed by atoms with Gasteiger partial charge in [-0.1, -0.05) is 36.2 Å². The van der Waals surface area contributed by atoms with Gasteiger partial charge in [-0.2, -0.15) is 0 Å². The average Bonchev–Trinajstić information content (AvgIpc) is 2.69. The molecule has 0 aliphatic carbocycles. The van der Waals surface area contributed by atoms with Gasteiger partial charge in [0.1, 0.15) is 17.6 Å². The van der Waals surface area contributed by atoms with Crippen LogP contribution in [0.15, 0.2) is 42.5 Å². The standard InChI is InChI=1S/C20H21Cl2FN2O3/c1-3-18(20(27)24-2)25(11-15-16(21)5-4-6-17(15)22)19(26)12-28-14-9-7-13(23)8-10-14/h4-10,18H,3,11-12H2,1-2H3,(H,24,27). The van der Waals surface area contributed by atoms with E-state index in [-0.39, 0.29) is 19.1 Å². The maximum Gasteiger partial charge on any atom is 0.261 e. The van der Waals surface area contributed by atoms with Crippen LogP contribution in [-0.4, -0.2) is 36.4 Å². The molecule has 0 aromatic heterocycles. The minimum Gasteiger partial charge on any atom is -0.484 e. The molecule has 8 heteroatoms. The fraction of sp³-hybridized carbons (Fsp3) is 0.300. The highest BCUT2D eigenvalue weighted by Crippen LogP contribution is 2.27. The Balaban J connectivity index is 2.24. The van der Waals surface area contributed by atoms with Crippen molar-refractivity contribution in [3.8, 4) is 5.75 Å². The van der Waals surface area contributed by atoms with E-state index >= 15 is 0 Å². The number of hydrogen-bond acceptors (Lipinski definition) is 3. The summed E-state index contributed by atoms with van der Waals surface area (Å²) >= 11 is 12.5. The van der Waals surface area contributed by atoms with Crippen LogP contribution >= 0.6 is 23.2 Å². The summed E-state index contributed by atoms with van der Waals surface area (Å²) in [5.41, 5.74) is 0.545. The van der Waals surface area contributed by atoms with Crippen molar-refractivity contribution in [1.29, 1.82) is 0 Å². The molecule has 150 valence electrons. The predicted octanol–water partition coefficient (Wildman–Crippen LogP) is 4.06. The third-order valence-corrected chi connectivity index (χ3v) is 4.91. The Hall–Kier alpha value is -2.31. The van der Waals surface area contributed by atoms with E-state index in [0.717, 1.165) is 0 Å². The van der Waals surface area contributed by atoms with Gasteiger partial charge >= 0.3 is 0 Å². The number of ether oxygens (including phenoxy) is 1. The number of rotatable bonds is 8. The molecule has 0 radical (unpaired) electrons. The van der Waals surface area contributed by atoms with E-state index in [4.69, 9.17) is 27.9 Å². The van der Waals surface area contributed by atoms with Crippen molar-refractivity contribution in [3.63, 3.8) is 0 Å². The molecule has 0 bridgehead atoms. The molecule has 1 N–H and O–H groups in total. The lowest BCUT2D eigenvalue weighted by atomic mass is 10.1. The van der Waals surface area contributed by atoms with Crippen molar-refractivity contribution < 1.29 is 18.7 Å². The Bertz CT molecular complexity index is 810. The fourth-order valence-corrected chi connectivity index (χ4v) is 3.22. The Morgan fingerprint density at radius 3 is 2.29 bits per heavy atom. The summed E-state index contributed by atoms with van der Waals surface area (Å²) in [6.07, 6.45) is 0.393. The molecule has 2 aromatic rings. The van der Waals surface area contributed by atoms with E-state index in [1.165, 1.54) is 36.2 Å². The van der Waals surface area contributed by atoms with E-state index in [1.807, 2.05) is 0 Å². The van der Waals surface area contributed by atoms with E-state index < -0.39 is 17.8 Å². The zero-order chi connectivity index (χ0) is 20.7. The number of carbonyl (C=O) groups excluding carboxylic acids is 2. The number of hydrogen-bond donors (Lipinski definition) is 1. The van der Waals surface area contributed by atoms with Crippen molar-refractivity contribution >= 4 is 35.0 Å². The highest BCUT2D eigenvalue weighted by molar-refractivity contribution is 6.36.